The minimum atomic E-state index is -3.71. The van der Waals surface area contributed by atoms with Crippen molar-refractivity contribution in [3.05, 3.63) is 47.8 Å². The first kappa shape index (κ1) is 20.5. The number of carbonyl (C=O) groups excluding carboxylic acids is 2. The lowest BCUT2D eigenvalue weighted by Crippen LogP contribution is -2.43. The summed E-state index contributed by atoms with van der Waals surface area (Å²) in [5, 5.41) is 2.70. The van der Waals surface area contributed by atoms with Crippen LogP contribution in [0.5, 0.6) is 0 Å². The summed E-state index contributed by atoms with van der Waals surface area (Å²) in [7, 11) is -3.71. The molecule has 2 aromatic rings. The van der Waals surface area contributed by atoms with Crippen molar-refractivity contribution in [3.63, 3.8) is 0 Å². The van der Waals surface area contributed by atoms with Gasteiger partial charge in [-0.05, 0) is 50.5 Å². The van der Waals surface area contributed by atoms with Gasteiger partial charge in [0.2, 0.25) is 15.9 Å². The lowest BCUT2D eigenvalue weighted by atomic mass is 10.1. The molecule has 1 aromatic carbocycles. The molecule has 2 aliphatic heterocycles. The topological polar surface area (TPSA) is 99.7 Å². The highest BCUT2D eigenvalue weighted by Crippen LogP contribution is 2.31. The molecule has 2 amide bonds. The van der Waals surface area contributed by atoms with Gasteiger partial charge in [0.1, 0.15) is 6.54 Å². The number of piperidine rings is 1. The Bertz CT molecular complexity index is 1120. The van der Waals surface area contributed by atoms with Crippen molar-refractivity contribution in [1.29, 1.82) is 0 Å². The predicted octanol–water partition coefficient (Wildman–Crippen LogP) is 2.55. The molecule has 0 saturated carbocycles. The number of aryl methyl sites for hydroxylation is 1. The number of rotatable bonds is 3. The first-order valence-electron chi connectivity index (χ1n) is 9.97. The molecular weight excluding hydrogens is 404 g/mol. The van der Waals surface area contributed by atoms with E-state index in [1.165, 1.54) is 21.5 Å². The molecule has 0 bridgehead atoms. The van der Waals surface area contributed by atoms with Crippen LogP contribution in [0.15, 0.2) is 41.6 Å². The van der Waals surface area contributed by atoms with E-state index in [1.54, 1.807) is 31.3 Å². The van der Waals surface area contributed by atoms with Crippen LogP contribution in [0.2, 0.25) is 0 Å². The van der Waals surface area contributed by atoms with Crippen LogP contribution in [0, 0.1) is 6.92 Å². The van der Waals surface area contributed by atoms with Crippen molar-refractivity contribution in [2.45, 2.75) is 44.0 Å². The van der Waals surface area contributed by atoms with E-state index in [4.69, 9.17) is 0 Å². The zero-order valence-corrected chi connectivity index (χ0v) is 17.8. The third-order valence-electron chi connectivity index (χ3n) is 5.70. The van der Waals surface area contributed by atoms with Crippen molar-refractivity contribution in [1.82, 2.24) is 9.29 Å². The second-order valence-corrected chi connectivity index (χ2v) is 9.66. The third-order valence-corrected chi connectivity index (χ3v) is 7.71. The van der Waals surface area contributed by atoms with Crippen LogP contribution in [0.25, 0.3) is 0 Å². The number of pyridine rings is 1. The lowest BCUT2D eigenvalue weighted by molar-refractivity contribution is -0.115. The quantitative estimate of drug-likeness (QED) is 0.810. The van der Waals surface area contributed by atoms with Gasteiger partial charge >= 0.3 is 0 Å². The first-order chi connectivity index (χ1) is 14.3. The Morgan fingerprint density at radius 3 is 2.80 bits per heavy atom. The van der Waals surface area contributed by atoms with Crippen molar-refractivity contribution in [2.24, 2.45) is 0 Å². The number of hydrogen-bond donors (Lipinski definition) is 1. The highest BCUT2D eigenvalue weighted by Gasteiger charge is 2.33. The molecule has 2 aliphatic rings. The van der Waals surface area contributed by atoms with Gasteiger partial charge in [-0.25, -0.2) is 8.42 Å². The number of carbonyl (C=O) groups is 2. The fraction of sp³-hybridized carbons (Fsp3) is 0.381. The summed E-state index contributed by atoms with van der Waals surface area (Å²) < 4.78 is 28.0. The van der Waals surface area contributed by atoms with Crippen molar-refractivity contribution in [3.8, 4) is 0 Å². The Labute approximate surface area is 175 Å². The molecule has 30 heavy (non-hydrogen) atoms. The molecule has 1 aromatic heterocycles. The Balaban J connectivity index is 1.72. The summed E-state index contributed by atoms with van der Waals surface area (Å²) in [6, 6.07) is 6.20. The Kier molecular flexibility index (Phi) is 5.33. The largest absolute Gasteiger partial charge is 0.321 e. The highest BCUT2D eigenvalue weighted by atomic mass is 32.2. The van der Waals surface area contributed by atoms with Crippen LogP contribution in [-0.4, -0.2) is 48.7 Å². The third kappa shape index (κ3) is 3.59. The molecule has 1 saturated heterocycles. The minimum absolute atomic E-state index is 0.0747. The number of aromatic nitrogens is 1. The molecule has 9 heteroatoms. The number of fused-ring (bicyclic) bond motifs is 1. The average molecular weight is 429 g/mol. The van der Waals surface area contributed by atoms with E-state index in [2.05, 4.69) is 10.3 Å². The molecule has 0 radical (unpaired) electrons. The SMILES string of the molecule is Cc1ccc(S(=O)(=O)N2CCCCC2C)cc1C(=O)N1CC(=O)Nc2cnccc21. The van der Waals surface area contributed by atoms with E-state index in [9.17, 15) is 18.0 Å². The average Bonchev–Trinajstić information content (AvgIpc) is 2.73. The van der Waals surface area contributed by atoms with E-state index >= 15 is 0 Å². The highest BCUT2D eigenvalue weighted by molar-refractivity contribution is 7.89. The van der Waals surface area contributed by atoms with E-state index in [1.807, 2.05) is 6.92 Å². The zero-order valence-electron chi connectivity index (χ0n) is 17.0. The van der Waals surface area contributed by atoms with Gasteiger partial charge in [0.15, 0.2) is 0 Å². The van der Waals surface area contributed by atoms with Gasteiger partial charge in [0.05, 0.1) is 22.5 Å². The standard InChI is InChI=1S/C21H24N4O4S/c1-14-6-7-16(30(28,29)25-10-4-3-5-15(25)2)11-17(14)21(27)24-13-20(26)23-18-12-22-9-8-19(18)24/h6-9,11-12,15H,3-5,10,13H2,1-2H3,(H,23,26). The molecule has 1 atom stereocenters. The van der Waals surface area contributed by atoms with Crippen molar-refractivity contribution < 1.29 is 18.0 Å². The Hall–Kier alpha value is -2.78. The van der Waals surface area contributed by atoms with Gasteiger partial charge in [0, 0.05) is 24.3 Å². The normalized spacial score (nSPS) is 19.9. The molecular formula is C21H24N4O4S. The minimum Gasteiger partial charge on any atom is -0.321 e. The molecule has 158 valence electrons. The maximum absolute atomic E-state index is 13.4. The van der Waals surface area contributed by atoms with Gasteiger partial charge in [-0.3, -0.25) is 19.5 Å². The number of nitrogens with one attached hydrogen (secondary N) is 1. The van der Waals surface area contributed by atoms with Crippen LogP contribution in [0.4, 0.5) is 11.4 Å². The van der Waals surface area contributed by atoms with Crippen LogP contribution in [0.1, 0.15) is 42.1 Å². The molecule has 8 nitrogen and oxygen atoms in total. The van der Waals surface area contributed by atoms with Gasteiger partial charge in [0.25, 0.3) is 5.91 Å². The van der Waals surface area contributed by atoms with Gasteiger partial charge in [-0.2, -0.15) is 4.31 Å². The van der Waals surface area contributed by atoms with E-state index in [0.29, 0.717) is 23.5 Å². The first-order valence-corrected chi connectivity index (χ1v) is 11.4. The maximum Gasteiger partial charge on any atom is 0.259 e. The van der Waals surface area contributed by atoms with Gasteiger partial charge < -0.3 is 5.32 Å². The smallest absolute Gasteiger partial charge is 0.259 e. The fourth-order valence-corrected chi connectivity index (χ4v) is 5.75. The molecule has 0 aliphatic carbocycles. The van der Waals surface area contributed by atoms with Crippen LogP contribution in [0.3, 0.4) is 0 Å². The zero-order chi connectivity index (χ0) is 21.5. The molecule has 3 heterocycles. The second kappa shape index (κ2) is 7.81. The molecule has 4 rings (SSSR count). The summed E-state index contributed by atoms with van der Waals surface area (Å²) in [4.78, 5) is 30.9. The Morgan fingerprint density at radius 1 is 1.23 bits per heavy atom. The number of sulfonamides is 1. The monoisotopic (exact) mass is 428 g/mol. The van der Waals surface area contributed by atoms with Crippen molar-refractivity contribution >= 4 is 33.2 Å². The van der Waals surface area contributed by atoms with E-state index < -0.39 is 15.9 Å². The van der Waals surface area contributed by atoms with Crippen LogP contribution >= 0.6 is 0 Å². The summed E-state index contributed by atoms with van der Waals surface area (Å²) in [5.74, 6) is -0.744. The van der Waals surface area contributed by atoms with Crippen molar-refractivity contribution in [2.75, 3.05) is 23.3 Å². The van der Waals surface area contributed by atoms with E-state index in [-0.39, 0.29) is 29.0 Å². The summed E-state index contributed by atoms with van der Waals surface area (Å²) >= 11 is 0. The summed E-state index contributed by atoms with van der Waals surface area (Å²) in [6.07, 6.45) is 5.69. The predicted molar refractivity (Wildman–Crippen MR) is 113 cm³/mol. The number of hydrogen-bond acceptors (Lipinski definition) is 5. The van der Waals surface area contributed by atoms with Crippen LogP contribution < -0.4 is 10.2 Å². The fourth-order valence-electron chi connectivity index (χ4n) is 4.02. The van der Waals surface area contributed by atoms with Gasteiger partial charge in [-0.15, -0.1) is 0 Å². The second-order valence-electron chi connectivity index (χ2n) is 7.77. The maximum atomic E-state index is 13.4. The summed E-state index contributed by atoms with van der Waals surface area (Å²) in [6.45, 7) is 4.00. The number of nitrogens with zero attached hydrogens (tertiary/aromatic N) is 3. The number of anilines is 2. The Morgan fingerprint density at radius 2 is 2.03 bits per heavy atom. The molecule has 0 spiro atoms. The van der Waals surface area contributed by atoms with Crippen LogP contribution in [-0.2, 0) is 14.8 Å². The number of amides is 2. The lowest BCUT2D eigenvalue weighted by Gasteiger charge is -2.32. The van der Waals surface area contributed by atoms with Gasteiger partial charge in [-0.1, -0.05) is 12.5 Å². The number of benzene rings is 1. The molecule has 1 fully saturated rings. The van der Waals surface area contributed by atoms with E-state index in [0.717, 1.165) is 19.3 Å². The molecule has 1 N–H and O–H groups in total. The summed E-state index contributed by atoms with van der Waals surface area (Å²) in [5.41, 5.74) is 1.89. The molecule has 1 unspecified atom stereocenters.